The van der Waals surface area contributed by atoms with E-state index in [0.29, 0.717) is 17.1 Å². The molecule has 0 aliphatic carbocycles. The normalized spacial score (nSPS) is 10.5. The Hall–Kier alpha value is -1.93. The maximum absolute atomic E-state index is 9.08. The SMILES string of the molecule is CC(C)c1nn(-c2cccnn2)c(Cl)c1C#N. The van der Waals surface area contributed by atoms with E-state index in [0.717, 1.165) is 0 Å². The van der Waals surface area contributed by atoms with Crippen LogP contribution in [0.4, 0.5) is 0 Å². The monoisotopic (exact) mass is 247 g/mol. The first-order chi connectivity index (χ1) is 8.15. The fraction of sp³-hybridized carbons (Fsp3) is 0.273. The zero-order chi connectivity index (χ0) is 12.4. The van der Waals surface area contributed by atoms with Gasteiger partial charge in [-0.1, -0.05) is 25.4 Å². The smallest absolute Gasteiger partial charge is 0.177 e. The summed E-state index contributed by atoms with van der Waals surface area (Å²) >= 11 is 6.12. The highest BCUT2D eigenvalue weighted by molar-refractivity contribution is 6.31. The van der Waals surface area contributed by atoms with Crippen LogP contribution in [0.25, 0.3) is 5.82 Å². The lowest BCUT2D eigenvalue weighted by Crippen LogP contribution is -2.01. The fourth-order valence-corrected chi connectivity index (χ4v) is 1.74. The average Bonchev–Trinajstić information content (AvgIpc) is 2.67. The van der Waals surface area contributed by atoms with E-state index in [4.69, 9.17) is 16.9 Å². The molecule has 0 amide bonds. The van der Waals surface area contributed by atoms with Gasteiger partial charge in [0.15, 0.2) is 11.0 Å². The minimum Gasteiger partial charge on any atom is -0.200 e. The fourth-order valence-electron chi connectivity index (χ4n) is 1.48. The van der Waals surface area contributed by atoms with Gasteiger partial charge >= 0.3 is 0 Å². The van der Waals surface area contributed by atoms with Crippen LogP contribution in [0.15, 0.2) is 18.3 Å². The second kappa shape index (κ2) is 4.52. The topological polar surface area (TPSA) is 67.4 Å². The van der Waals surface area contributed by atoms with Crippen molar-refractivity contribution in [2.24, 2.45) is 0 Å². The van der Waals surface area contributed by atoms with Gasteiger partial charge in [-0.3, -0.25) is 0 Å². The number of nitrogens with zero attached hydrogens (tertiary/aromatic N) is 5. The van der Waals surface area contributed by atoms with Crippen molar-refractivity contribution in [2.45, 2.75) is 19.8 Å². The summed E-state index contributed by atoms with van der Waals surface area (Å²) in [5.74, 6) is 0.626. The Bertz CT molecular complexity index is 568. The lowest BCUT2D eigenvalue weighted by molar-refractivity contribution is 0.747. The van der Waals surface area contributed by atoms with Crippen LogP contribution in [0.5, 0.6) is 0 Å². The Kier molecular flexibility index (Phi) is 3.07. The van der Waals surface area contributed by atoms with Crippen LogP contribution in [0, 0.1) is 11.3 Å². The molecule has 0 unspecified atom stereocenters. The highest BCUT2D eigenvalue weighted by Crippen LogP contribution is 2.26. The summed E-state index contributed by atoms with van der Waals surface area (Å²) in [5, 5.41) is 21.3. The van der Waals surface area contributed by atoms with Gasteiger partial charge in [0.05, 0.1) is 5.69 Å². The number of halogens is 1. The quantitative estimate of drug-likeness (QED) is 0.817. The Labute approximate surface area is 104 Å². The number of rotatable bonds is 2. The van der Waals surface area contributed by atoms with Crippen molar-refractivity contribution in [2.75, 3.05) is 0 Å². The molecule has 0 bridgehead atoms. The number of aromatic nitrogens is 4. The Morgan fingerprint density at radius 1 is 1.47 bits per heavy atom. The van der Waals surface area contributed by atoms with Gasteiger partial charge in [-0.25, -0.2) is 4.68 Å². The van der Waals surface area contributed by atoms with Crippen molar-refractivity contribution in [3.63, 3.8) is 0 Å². The second-order valence-corrected chi connectivity index (χ2v) is 4.17. The molecule has 2 rings (SSSR count). The lowest BCUT2D eigenvalue weighted by atomic mass is 10.1. The van der Waals surface area contributed by atoms with Gasteiger partial charge < -0.3 is 0 Å². The maximum Gasteiger partial charge on any atom is 0.177 e. The van der Waals surface area contributed by atoms with E-state index in [-0.39, 0.29) is 11.1 Å². The van der Waals surface area contributed by atoms with E-state index in [1.807, 2.05) is 13.8 Å². The van der Waals surface area contributed by atoms with E-state index in [1.165, 1.54) is 4.68 Å². The zero-order valence-corrected chi connectivity index (χ0v) is 10.2. The first kappa shape index (κ1) is 11.6. The molecule has 0 radical (unpaired) electrons. The largest absolute Gasteiger partial charge is 0.200 e. The molecule has 6 heteroatoms. The zero-order valence-electron chi connectivity index (χ0n) is 9.42. The highest BCUT2D eigenvalue weighted by Gasteiger charge is 2.19. The summed E-state index contributed by atoms with van der Waals surface area (Å²) in [6, 6.07) is 5.54. The number of nitriles is 1. The Morgan fingerprint density at radius 2 is 2.24 bits per heavy atom. The first-order valence-electron chi connectivity index (χ1n) is 5.11. The average molecular weight is 248 g/mol. The van der Waals surface area contributed by atoms with Gasteiger partial charge in [0.1, 0.15) is 11.6 Å². The van der Waals surface area contributed by atoms with E-state index < -0.39 is 0 Å². The molecule has 0 spiro atoms. The van der Waals surface area contributed by atoms with Gasteiger partial charge in [0, 0.05) is 6.20 Å². The van der Waals surface area contributed by atoms with Crippen LogP contribution in [-0.4, -0.2) is 20.0 Å². The van der Waals surface area contributed by atoms with Crippen LogP contribution in [0.1, 0.15) is 31.0 Å². The molecule has 0 aromatic carbocycles. The van der Waals surface area contributed by atoms with Gasteiger partial charge in [-0.05, 0) is 18.1 Å². The summed E-state index contributed by atoms with van der Waals surface area (Å²) in [4.78, 5) is 0. The van der Waals surface area contributed by atoms with Crippen molar-refractivity contribution in [3.8, 4) is 11.9 Å². The molecule has 0 saturated heterocycles. The molecule has 0 aliphatic heterocycles. The van der Waals surface area contributed by atoms with Gasteiger partial charge in [0.2, 0.25) is 0 Å². The first-order valence-corrected chi connectivity index (χ1v) is 5.49. The van der Waals surface area contributed by atoms with E-state index in [9.17, 15) is 0 Å². The van der Waals surface area contributed by atoms with Crippen LogP contribution >= 0.6 is 11.6 Å². The molecule has 2 heterocycles. The summed E-state index contributed by atoms with van der Waals surface area (Å²) in [5.41, 5.74) is 1.07. The maximum atomic E-state index is 9.08. The molecule has 17 heavy (non-hydrogen) atoms. The predicted molar refractivity (Wildman–Crippen MR) is 63.0 cm³/mol. The van der Waals surface area contributed by atoms with Crippen LogP contribution in [0.2, 0.25) is 5.15 Å². The standard InChI is InChI=1S/C11H10ClN5/c1-7(2)10-8(6-13)11(12)17(16-10)9-4-3-5-14-15-9/h3-5,7H,1-2H3. The summed E-state index contributed by atoms with van der Waals surface area (Å²) in [6.45, 7) is 3.92. The third-order valence-electron chi connectivity index (χ3n) is 2.29. The molecule has 5 nitrogen and oxygen atoms in total. The molecule has 0 saturated carbocycles. The van der Waals surface area contributed by atoms with E-state index >= 15 is 0 Å². The number of hydrogen-bond donors (Lipinski definition) is 0. The summed E-state index contributed by atoms with van der Waals surface area (Å²) in [7, 11) is 0. The van der Waals surface area contributed by atoms with Crippen molar-refractivity contribution in [3.05, 3.63) is 34.7 Å². The summed E-state index contributed by atoms with van der Waals surface area (Å²) < 4.78 is 1.43. The Balaban J connectivity index is 2.62. The van der Waals surface area contributed by atoms with Gasteiger partial charge in [-0.15, -0.1) is 5.10 Å². The molecule has 0 atom stereocenters. The van der Waals surface area contributed by atoms with E-state index in [2.05, 4.69) is 21.4 Å². The molecule has 0 N–H and O–H groups in total. The molecular weight excluding hydrogens is 238 g/mol. The van der Waals surface area contributed by atoms with Crippen molar-refractivity contribution in [1.82, 2.24) is 20.0 Å². The number of hydrogen-bond acceptors (Lipinski definition) is 4. The Morgan fingerprint density at radius 3 is 2.71 bits per heavy atom. The summed E-state index contributed by atoms with van der Waals surface area (Å²) in [6.07, 6.45) is 1.56. The molecule has 0 aliphatic rings. The molecule has 0 fully saturated rings. The second-order valence-electron chi connectivity index (χ2n) is 3.81. The minimum atomic E-state index is 0.125. The lowest BCUT2D eigenvalue weighted by Gasteiger charge is -2.00. The highest BCUT2D eigenvalue weighted by atomic mass is 35.5. The van der Waals surface area contributed by atoms with Crippen molar-refractivity contribution >= 4 is 11.6 Å². The van der Waals surface area contributed by atoms with Gasteiger partial charge in [0.25, 0.3) is 0 Å². The van der Waals surface area contributed by atoms with Crippen LogP contribution in [0.3, 0.4) is 0 Å². The van der Waals surface area contributed by atoms with Crippen molar-refractivity contribution in [1.29, 1.82) is 5.26 Å². The predicted octanol–water partition coefficient (Wildman–Crippen LogP) is 2.31. The van der Waals surface area contributed by atoms with E-state index in [1.54, 1.807) is 18.3 Å². The van der Waals surface area contributed by atoms with Crippen LogP contribution < -0.4 is 0 Å². The molecular formula is C11H10ClN5. The van der Waals surface area contributed by atoms with Crippen LogP contribution in [-0.2, 0) is 0 Å². The van der Waals surface area contributed by atoms with Crippen molar-refractivity contribution < 1.29 is 0 Å². The van der Waals surface area contributed by atoms with Gasteiger partial charge in [-0.2, -0.15) is 15.5 Å². The molecule has 2 aromatic rings. The minimum absolute atomic E-state index is 0.125. The molecule has 86 valence electrons. The third kappa shape index (κ3) is 1.99. The third-order valence-corrected chi connectivity index (χ3v) is 2.64. The molecule has 2 aromatic heterocycles.